The van der Waals surface area contributed by atoms with E-state index in [1.807, 2.05) is 0 Å². The van der Waals surface area contributed by atoms with E-state index in [0.29, 0.717) is 5.41 Å². The molecule has 0 aromatic rings. The normalized spacial score (nSPS) is 17.0. The Morgan fingerprint density at radius 1 is 0.619 bits per heavy atom. The summed E-state index contributed by atoms with van der Waals surface area (Å²) in [4.78, 5) is 0. The zero-order valence-corrected chi connectivity index (χ0v) is 17.5. The maximum Gasteiger partial charge on any atom is -0.0242 e. The Bertz CT molecular complexity index is 334. The molecule has 0 fully saturated rings. The van der Waals surface area contributed by atoms with Crippen LogP contribution >= 0.6 is 0 Å². The van der Waals surface area contributed by atoms with Gasteiger partial charge in [-0.2, -0.15) is 0 Å². The van der Waals surface area contributed by atoms with Crippen molar-refractivity contribution in [1.82, 2.24) is 0 Å². The Hall–Kier alpha value is 0. The fourth-order valence-electron chi connectivity index (χ4n) is 3.93. The Labute approximate surface area is 136 Å². The highest BCUT2D eigenvalue weighted by atomic mass is 14.6. The van der Waals surface area contributed by atoms with Gasteiger partial charge in [0.25, 0.3) is 0 Å². The molecular weight excluding hydrogens is 252 g/mol. The zero-order valence-electron chi connectivity index (χ0n) is 17.5. The molecule has 21 heavy (non-hydrogen) atoms. The van der Waals surface area contributed by atoms with Gasteiger partial charge in [0, 0.05) is 0 Å². The summed E-state index contributed by atoms with van der Waals surface area (Å²) in [6.45, 7) is 31.9. The molecule has 1 unspecified atom stereocenters. The van der Waals surface area contributed by atoms with Crippen molar-refractivity contribution in [1.29, 1.82) is 0 Å². The summed E-state index contributed by atoms with van der Waals surface area (Å²) in [5, 5.41) is 0. The van der Waals surface area contributed by atoms with Crippen LogP contribution in [0, 0.1) is 33.0 Å². The lowest BCUT2D eigenvalue weighted by atomic mass is 9.41. The fourth-order valence-corrected chi connectivity index (χ4v) is 3.93. The lowest BCUT2D eigenvalue weighted by molar-refractivity contribution is -0.151. The SMILES string of the molecule is CCCC(C)C(C)(C)C(C)(C)C(C)(C)C(C)(C)C(C)(C)C. The molecule has 0 saturated carbocycles. The van der Waals surface area contributed by atoms with Crippen molar-refractivity contribution in [3.8, 4) is 0 Å². The smallest absolute Gasteiger partial charge is 0.0242 e. The van der Waals surface area contributed by atoms with Crippen LogP contribution < -0.4 is 0 Å². The molecule has 128 valence electrons. The summed E-state index contributed by atoms with van der Waals surface area (Å²) >= 11 is 0. The maximum atomic E-state index is 2.51. The summed E-state index contributed by atoms with van der Waals surface area (Å²) in [5.74, 6) is 0.743. The third-order valence-corrected chi connectivity index (χ3v) is 8.56. The van der Waals surface area contributed by atoms with Crippen LogP contribution in [0.25, 0.3) is 0 Å². The summed E-state index contributed by atoms with van der Waals surface area (Å²) in [7, 11) is 0. The molecule has 0 saturated heterocycles. The molecule has 0 nitrogen and oxygen atoms in total. The molecular formula is C21H44. The predicted octanol–water partition coefficient (Wildman–Crippen LogP) is 7.57. The van der Waals surface area contributed by atoms with E-state index in [9.17, 15) is 0 Å². The second-order valence-corrected chi connectivity index (χ2v) is 10.5. The first-order chi connectivity index (χ1) is 8.98. The Balaban J connectivity index is 5.88. The molecule has 0 aromatic heterocycles. The quantitative estimate of drug-likeness (QED) is 0.474. The minimum atomic E-state index is 0.240. The highest BCUT2D eigenvalue weighted by Gasteiger charge is 2.58. The van der Waals surface area contributed by atoms with Crippen LogP contribution in [-0.4, -0.2) is 0 Å². The van der Waals surface area contributed by atoms with E-state index in [1.54, 1.807) is 0 Å². The number of rotatable bonds is 6. The van der Waals surface area contributed by atoms with Gasteiger partial charge in [0.05, 0.1) is 0 Å². The maximum absolute atomic E-state index is 2.51. The molecule has 0 radical (unpaired) electrons. The lowest BCUT2D eigenvalue weighted by Gasteiger charge is -2.63. The van der Waals surface area contributed by atoms with Crippen LogP contribution in [0.5, 0.6) is 0 Å². The summed E-state index contributed by atoms with van der Waals surface area (Å²) in [6.07, 6.45) is 2.60. The molecule has 0 bridgehead atoms. The van der Waals surface area contributed by atoms with Crippen LogP contribution in [0.15, 0.2) is 0 Å². The van der Waals surface area contributed by atoms with Gasteiger partial charge in [-0.25, -0.2) is 0 Å². The summed E-state index contributed by atoms with van der Waals surface area (Å²) < 4.78 is 0. The van der Waals surface area contributed by atoms with E-state index < -0.39 is 0 Å². The molecule has 0 spiro atoms. The van der Waals surface area contributed by atoms with E-state index in [2.05, 4.69) is 90.0 Å². The molecule has 0 rings (SSSR count). The zero-order chi connectivity index (χ0) is 17.5. The third-order valence-electron chi connectivity index (χ3n) is 8.56. The topological polar surface area (TPSA) is 0 Å². The van der Waals surface area contributed by atoms with Crippen LogP contribution in [-0.2, 0) is 0 Å². The molecule has 0 heterocycles. The molecule has 0 aliphatic carbocycles. The largest absolute Gasteiger partial charge is 0.0654 e. The number of hydrogen-bond acceptors (Lipinski definition) is 0. The summed E-state index contributed by atoms with van der Waals surface area (Å²) in [6, 6.07) is 0. The summed E-state index contributed by atoms with van der Waals surface area (Å²) in [5.41, 5.74) is 1.36. The standard InChI is InChI=1S/C21H44/c1-14-15-16(2)18(6,7)20(10,11)21(12,13)19(8,9)17(3,4)5/h16H,14-15H2,1-13H3. The first-order valence-corrected chi connectivity index (χ1v) is 8.98. The monoisotopic (exact) mass is 296 g/mol. The van der Waals surface area contributed by atoms with E-state index >= 15 is 0 Å². The average molecular weight is 297 g/mol. The highest BCUT2D eigenvalue weighted by molar-refractivity contribution is 5.06. The van der Waals surface area contributed by atoms with Gasteiger partial charge in [0.1, 0.15) is 0 Å². The van der Waals surface area contributed by atoms with E-state index in [-0.39, 0.29) is 21.7 Å². The van der Waals surface area contributed by atoms with Crippen molar-refractivity contribution in [2.45, 2.75) is 103 Å². The molecule has 0 aromatic carbocycles. The first-order valence-electron chi connectivity index (χ1n) is 8.98. The molecule has 1 atom stereocenters. The van der Waals surface area contributed by atoms with Crippen LogP contribution in [0.4, 0.5) is 0 Å². The minimum Gasteiger partial charge on any atom is -0.0654 e. The van der Waals surface area contributed by atoms with Crippen molar-refractivity contribution in [3.63, 3.8) is 0 Å². The lowest BCUT2D eigenvalue weighted by Crippen LogP contribution is -2.57. The average Bonchev–Trinajstić information content (AvgIpc) is 2.26. The number of hydrogen-bond donors (Lipinski definition) is 0. The van der Waals surface area contributed by atoms with Crippen molar-refractivity contribution >= 4 is 0 Å². The van der Waals surface area contributed by atoms with Crippen molar-refractivity contribution in [2.75, 3.05) is 0 Å². The molecule has 0 N–H and O–H groups in total. The van der Waals surface area contributed by atoms with Crippen molar-refractivity contribution < 1.29 is 0 Å². The minimum absolute atomic E-state index is 0.240. The van der Waals surface area contributed by atoms with Gasteiger partial charge in [-0.15, -0.1) is 0 Å². The predicted molar refractivity (Wildman–Crippen MR) is 98.7 cm³/mol. The van der Waals surface area contributed by atoms with Crippen molar-refractivity contribution in [3.05, 3.63) is 0 Å². The van der Waals surface area contributed by atoms with E-state index in [0.717, 1.165) is 5.92 Å². The Kier molecular flexibility index (Phi) is 5.89. The highest BCUT2D eigenvalue weighted by Crippen LogP contribution is 2.65. The molecule has 0 amide bonds. The molecule has 0 aliphatic rings. The fraction of sp³-hybridized carbons (Fsp3) is 1.00. The molecule has 0 heteroatoms. The Morgan fingerprint density at radius 2 is 1.00 bits per heavy atom. The van der Waals surface area contributed by atoms with Gasteiger partial charge in [0.15, 0.2) is 0 Å². The van der Waals surface area contributed by atoms with Gasteiger partial charge < -0.3 is 0 Å². The second kappa shape index (κ2) is 5.89. The van der Waals surface area contributed by atoms with E-state index in [4.69, 9.17) is 0 Å². The van der Waals surface area contributed by atoms with Crippen LogP contribution in [0.2, 0.25) is 0 Å². The van der Waals surface area contributed by atoms with Crippen LogP contribution in [0.3, 0.4) is 0 Å². The Morgan fingerprint density at radius 3 is 1.29 bits per heavy atom. The van der Waals surface area contributed by atoms with E-state index in [1.165, 1.54) is 12.8 Å². The van der Waals surface area contributed by atoms with Gasteiger partial charge in [-0.3, -0.25) is 0 Å². The van der Waals surface area contributed by atoms with Gasteiger partial charge in [0.2, 0.25) is 0 Å². The van der Waals surface area contributed by atoms with Gasteiger partial charge in [-0.1, -0.05) is 103 Å². The second-order valence-electron chi connectivity index (χ2n) is 10.5. The molecule has 0 aliphatic heterocycles. The first kappa shape index (κ1) is 21.0. The van der Waals surface area contributed by atoms with Gasteiger partial charge in [-0.05, 0) is 33.0 Å². The van der Waals surface area contributed by atoms with Crippen LogP contribution in [0.1, 0.15) is 103 Å². The van der Waals surface area contributed by atoms with Gasteiger partial charge >= 0.3 is 0 Å². The third kappa shape index (κ3) is 3.20. The van der Waals surface area contributed by atoms with Crippen molar-refractivity contribution in [2.24, 2.45) is 33.0 Å².